The van der Waals surface area contributed by atoms with Gasteiger partial charge in [-0.15, -0.1) is 0 Å². The second kappa shape index (κ2) is 6.98. The summed E-state index contributed by atoms with van der Waals surface area (Å²) >= 11 is 12.2. The molecule has 0 atom stereocenters. The summed E-state index contributed by atoms with van der Waals surface area (Å²) in [7, 11) is 0. The van der Waals surface area contributed by atoms with Crippen LogP contribution in [0, 0.1) is 5.82 Å². The molecule has 6 heteroatoms. The van der Waals surface area contributed by atoms with Gasteiger partial charge in [0, 0.05) is 17.5 Å². The Labute approximate surface area is 159 Å². The van der Waals surface area contributed by atoms with Crippen molar-refractivity contribution in [1.82, 2.24) is 10.2 Å². The van der Waals surface area contributed by atoms with E-state index in [1.165, 1.54) is 6.07 Å². The predicted octanol–water partition coefficient (Wildman–Crippen LogP) is 6.29. The van der Waals surface area contributed by atoms with E-state index in [-0.39, 0.29) is 5.02 Å². The van der Waals surface area contributed by atoms with Gasteiger partial charge in [0.15, 0.2) is 5.82 Å². The van der Waals surface area contributed by atoms with Crippen LogP contribution in [0.1, 0.15) is 5.56 Å². The number of hydrogen-bond donors (Lipinski definition) is 2. The lowest BCUT2D eigenvalue weighted by atomic mass is 10.0. The Bertz CT molecular complexity index is 1080. The van der Waals surface area contributed by atoms with Crippen molar-refractivity contribution < 1.29 is 4.39 Å². The minimum atomic E-state index is -0.434. The normalized spacial score (nSPS) is 11.0. The van der Waals surface area contributed by atoms with E-state index in [9.17, 15) is 4.39 Å². The van der Waals surface area contributed by atoms with E-state index in [2.05, 4.69) is 15.5 Å². The average Bonchev–Trinajstić information content (AvgIpc) is 3.04. The summed E-state index contributed by atoms with van der Waals surface area (Å²) in [6, 6.07) is 18.5. The summed E-state index contributed by atoms with van der Waals surface area (Å²) < 4.78 is 13.6. The maximum absolute atomic E-state index is 13.6. The van der Waals surface area contributed by atoms with E-state index in [4.69, 9.17) is 23.2 Å². The molecule has 0 saturated carbocycles. The third-order valence-electron chi connectivity index (χ3n) is 4.18. The molecule has 4 aromatic rings. The van der Waals surface area contributed by atoms with Gasteiger partial charge in [-0.25, -0.2) is 4.39 Å². The standard InChI is InChI=1S/C20H14Cl2FN3/c21-16-7-6-12(8-18(16)23)11-24-20-15-9-14(13-4-2-1-3-5-13)17(22)10-19(15)25-26-20/h1-10H,11H2,(H2,24,25,26). The zero-order valence-electron chi connectivity index (χ0n) is 13.6. The topological polar surface area (TPSA) is 40.7 Å². The lowest BCUT2D eigenvalue weighted by molar-refractivity contribution is 0.626. The Morgan fingerprint density at radius 1 is 0.962 bits per heavy atom. The van der Waals surface area contributed by atoms with Gasteiger partial charge in [-0.2, -0.15) is 5.10 Å². The molecule has 4 rings (SSSR count). The molecule has 0 saturated heterocycles. The molecule has 0 aliphatic carbocycles. The molecule has 1 aromatic heterocycles. The van der Waals surface area contributed by atoms with Crippen LogP contribution in [0.3, 0.4) is 0 Å². The van der Waals surface area contributed by atoms with E-state index in [1.54, 1.807) is 12.1 Å². The van der Waals surface area contributed by atoms with Gasteiger partial charge >= 0.3 is 0 Å². The average molecular weight is 386 g/mol. The minimum Gasteiger partial charge on any atom is -0.364 e. The van der Waals surface area contributed by atoms with Gasteiger partial charge in [-0.05, 0) is 35.4 Å². The maximum atomic E-state index is 13.6. The molecule has 0 amide bonds. The summed E-state index contributed by atoms with van der Waals surface area (Å²) in [5.41, 5.74) is 3.58. The fourth-order valence-electron chi connectivity index (χ4n) is 2.85. The highest BCUT2D eigenvalue weighted by Crippen LogP contribution is 2.34. The Kier molecular flexibility index (Phi) is 4.53. The van der Waals surface area contributed by atoms with Gasteiger partial charge < -0.3 is 5.32 Å². The smallest absolute Gasteiger partial charge is 0.156 e. The molecular weight excluding hydrogens is 372 g/mol. The largest absolute Gasteiger partial charge is 0.364 e. The SMILES string of the molecule is Fc1cc(CNc2n[nH]c3cc(Cl)c(-c4ccccc4)cc23)ccc1Cl. The number of benzene rings is 3. The number of fused-ring (bicyclic) bond motifs is 1. The number of nitrogens with one attached hydrogen (secondary N) is 2. The van der Waals surface area contributed by atoms with Gasteiger partial charge in [-0.3, -0.25) is 5.10 Å². The van der Waals surface area contributed by atoms with Crippen LogP contribution in [0.5, 0.6) is 0 Å². The number of hydrogen-bond acceptors (Lipinski definition) is 2. The number of halogens is 3. The van der Waals surface area contributed by atoms with Crippen LogP contribution in [0.4, 0.5) is 10.2 Å². The number of nitrogens with zero attached hydrogens (tertiary/aromatic N) is 1. The van der Waals surface area contributed by atoms with Crippen LogP contribution < -0.4 is 5.32 Å². The third kappa shape index (κ3) is 3.26. The first-order chi connectivity index (χ1) is 12.6. The van der Waals surface area contributed by atoms with E-state index in [0.29, 0.717) is 17.4 Å². The third-order valence-corrected chi connectivity index (χ3v) is 4.80. The molecule has 0 bridgehead atoms. The van der Waals surface area contributed by atoms with Crippen LogP contribution in [-0.2, 0) is 6.54 Å². The molecule has 26 heavy (non-hydrogen) atoms. The molecule has 0 radical (unpaired) electrons. The van der Waals surface area contributed by atoms with Crippen molar-refractivity contribution in [2.24, 2.45) is 0 Å². The first kappa shape index (κ1) is 16.9. The molecule has 0 aliphatic rings. The molecule has 0 fully saturated rings. The lowest BCUT2D eigenvalue weighted by Crippen LogP contribution is -2.00. The molecule has 1 heterocycles. The number of aromatic amines is 1. The van der Waals surface area contributed by atoms with Crippen LogP contribution in [0.2, 0.25) is 10.0 Å². The molecule has 3 nitrogen and oxygen atoms in total. The molecular formula is C20H14Cl2FN3. The number of H-pyrrole nitrogens is 1. The summed E-state index contributed by atoms with van der Waals surface area (Å²) in [5, 5.41) is 12.2. The molecule has 3 aromatic carbocycles. The Morgan fingerprint density at radius 2 is 1.77 bits per heavy atom. The van der Waals surface area contributed by atoms with Crippen molar-refractivity contribution in [3.8, 4) is 11.1 Å². The van der Waals surface area contributed by atoms with Gasteiger partial charge in [0.1, 0.15) is 5.82 Å². The Balaban J connectivity index is 1.66. The first-order valence-corrected chi connectivity index (χ1v) is 8.78. The Hall–Kier alpha value is -2.56. The van der Waals surface area contributed by atoms with Crippen LogP contribution >= 0.6 is 23.2 Å². The molecule has 130 valence electrons. The number of aromatic nitrogens is 2. The summed E-state index contributed by atoms with van der Waals surface area (Å²) in [6.45, 7) is 0.428. The molecule has 0 spiro atoms. The van der Waals surface area contributed by atoms with E-state index < -0.39 is 5.82 Å². The van der Waals surface area contributed by atoms with E-state index in [0.717, 1.165) is 27.6 Å². The van der Waals surface area contributed by atoms with Crippen molar-refractivity contribution in [1.29, 1.82) is 0 Å². The summed E-state index contributed by atoms with van der Waals surface area (Å²) in [5.74, 6) is 0.250. The highest BCUT2D eigenvalue weighted by molar-refractivity contribution is 6.34. The monoisotopic (exact) mass is 385 g/mol. The van der Waals surface area contributed by atoms with Crippen molar-refractivity contribution >= 4 is 39.9 Å². The van der Waals surface area contributed by atoms with Crippen molar-refractivity contribution in [2.75, 3.05) is 5.32 Å². The molecule has 0 aliphatic heterocycles. The second-order valence-corrected chi connectivity index (χ2v) is 6.73. The fourth-order valence-corrected chi connectivity index (χ4v) is 3.24. The fraction of sp³-hybridized carbons (Fsp3) is 0.0500. The molecule has 2 N–H and O–H groups in total. The minimum absolute atomic E-state index is 0.112. The van der Waals surface area contributed by atoms with Gasteiger partial charge in [0.25, 0.3) is 0 Å². The van der Waals surface area contributed by atoms with E-state index >= 15 is 0 Å². The summed E-state index contributed by atoms with van der Waals surface area (Å²) in [4.78, 5) is 0. The van der Waals surface area contributed by atoms with Gasteiger partial charge in [0.2, 0.25) is 0 Å². The van der Waals surface area contributed by atoms with Crippen LogP contribution in [0.25, 0.3) is 22.0 Å². The lowest BCUT2D eigenvalue weighted by Gasteiger charge is -2.07. The number of rotatable bonds is 4. The van der Waals surface area contributed by atoms with Crippen molar-refractivity contribution in [2.45, 2.75) is 6.54 Å². The van der Waals surface area contributed by atoms with Crippen molar-refractivity contribution in [3.63, 3.8) is 0 Å². The zero-order valence-corrected chi connectivity index (χ0v) is 15.1. The quantitative estimate of drug-likeness (QED) is 0.433. The number of anilines is 1. The predicted molar refractivity (Wildman–Crippen MR) is 105 cm³/mol. The maximum Gasteiger partial charge on any atom is 0.156 e. The molecule has 0 unspecified atom stereocenters. The Morgan fingerprint density at radius 3 is 2.54 bits per heavy atom. The summed E-state index contributed by atoms with van der Waals surface area (Å²) in [6.07, 6.45) is 0. The first-order valence-electron chi connectivity index (χ1n) is 8.02. The highest BCUT2D eigenvalue weighted by atomic mass is 35.5. The van der Waals surface area contributed by atoms with Gasteiger partial charge in [0.05, 0.1) is 15.6 Å². The highest BCUT2D eigenvalue weighted by Gasteiger charge is 2.11. The van der Waals surface area contributed by atoms with Gasteiger partial charge in [-0.1, -0.05) is 59.6 Å². The second-order valence-electron chi connectivity index (χ2n) is 5.92. The van der Waals surface area contributed by atoms with Crippen LogP contribution in [-0.4, -0.2) is 10.2 Å². The van der Waals surface area contributed by atoms with Crippen LogP contribution in [0.15, 0.2) is 60.7 Å². The van der Waals surface area contributed by atoms with E-state index in [1.807, 2.05) is 42.5 Å². The van der Waals surface area contributed by atoms with Crippen molar-refractivity contribution in [3.05, 3.63) is 82.1 Å². The zero-order chi connectivity index (χ0) is 18.1.